The molecule has 1 rings (SSSR count). The van der Waals surface area contributed by atoms with Crippen LogP contribution in [0.1, 0.15) is 16.7 Å². The van der Waals surface area contributed by atoms with Crippen LogP contribution >= 0.6 is 12.4 Å². The number of aryl methyl sites for hydroxylation is 2. The van der Waals surface area contributed by atoms with Crippen LogP contribution in [0.15, 0.2) is 37.4 Å². The van der Waals surface area contributed by atoms with Crippen LogP contribution in [-0.4, -0.2) is 19.7 Å². The first kappa shape index (κ1) is 17.8. The van der Waals surface area contributed by atoms with Gasteiger partial charge in [0.05, 0.1) is 0 Å². The Labute approximate surface area is 123 Å². The molecule has 0 bridgehead atoms. The Bertz CT molecular complexity index is 415. The van der Waals surface area contributed by atoms with E-state index in [-0.39, 0.29) is 12.4 Å². The summed E-state index contributed by atoms with van der Waals surface area (Å²) in [5.74, 6) is 1.00. The monoisotopic (exact) mass is 281 g/mol. The normalized spacial score (nSPS) is 9.58. The Morgan fingerprint density at radius 2 is 1.95 bits per heavy atom. The third kappa shape index (κ3) is 5.95. The van der Waals surface area contributed by atoms with Crippen molar-refractivity contribution >= 4 is 12.4 Å². The Morgan fingerprint density at radius 3 is 2.58 bits per heavy atom. The number of hydrogen-bond donors (Lipinski definition) is 1. The lowest BCUT2D eigenvalue weighted by molar-refractivity contribution is 0.311. The molecule has 0 heterocycles. The highest BCUT2D eigenvalue weighted by Gasteiger charge is 2.07. The second-order valence-corrected chi connectivity index (χ2v) is 4.40. The molecule has 3 heteroatoms. The van der Waals surface area contributed by atoms with Gasteiger partial charge in [-0.05, 0) is 31.4 Å². The van der Waals surface area contributed by atoms with Gasteiger partial charge in [-0.25, -0.2) is 0 Å². The maximum atomic E-state index is 5.88. The zero-order valence-electron chi connectivity index (χ0n) is 11.9. The van der Waals surface area contributed by atoms with Crippen molar-refractivity contribution in [2.75, 3.05) is 19.7 Å². The molecule has 2 nitrogen and oxygen atoms in total. The fraction of sp³-hybridized carbons (Fsp3) is 0.375. The number of nitrogens with one attached hydrogen (secondary N) is 1. The maximum absolute atomic E-state index is 5.88. The number of rotatable bonds is 8. The highest BCUT2D eigenvalue weighted by atomic mass is 35.5. The van der Waals surface area contributed by atoms with E-state index in [1.165, 1.54) is 16.7 Å². The minimum Gasteiger partial charge on any atom is -0.492 e. The summed E-state index contributed by atoms with van der Waals surface area (Å²) >= 11 is 0. The van der Waals surface area contributed by atoms with Crippen molar-refractivity contribution in [1.29, 1.82) is 0 Å². The summed E-state index contributed by atoms with van der Waals surface area (Å²) < 4.78 is 5.88. The van der Waals surface area contributed by atoms with Crippen molar-refractivity contribution in [3.8, 4) is 5.75 Å². The van der Waals surface area contributed by atoms with Crippen LogP contribution in [0.25, 0.3) is 0 Å². The number of ether oxygens (including phenoxy) is 1. The van der Waals surface area contributed by atoms with Gasteiger partial charge in [0, 0.05) is 13.1 Å². The molecule has 0 saturated carbocycles. The molecule has 0 fully saturated rings. The average Bonchev–Trinajstić information content (AvgIpc) is 2.32. The molecule has 0 aromatic heterocycles. The van der Waals surface area contributed by atoms with Gasteiger partial charge in [0.1, 0.15) is 12.4 Å². The van der Waals surface area contributed by atoms with Gasteiger partial charge in [0.2, 0.25) is 0 Å². The zero-order chi connectivity index (χ0) is 13.4. The first-order chi connectivity index (χ1) is 8.69. The molecular weight excluding hydrogens is 258 g/mol. The molecule has 19 heavy (non-hydrogen) atoms. The molecule has 1 aromatic carbocycles. The quantitative estimate of drug-likeness (QED) is 0.581. The SMILES string of the molecule is C=CCNCCOc1c(C)cc(C)cc1CC=C.Cl. The van der Waals surface area contributed by atoms with Crippen molar-refractivity contribution in [3.05, 3.63) is 54.1 Å². The molecule has 0 atom stereocenters. The number of halogens is 1. The van der Waals surface area contributed by atoms with E-state index in [4.69, 9.17) is 4.74 Å². The highest BCUT2D eigenvalue weighted by Crippen LogP contribution is 2.26. The lowest BCUT2D eigenvalue weighted by atomic mass is 10.0. The Hall–Kier alpha value is -1.25. The van der Waals surface area contributed by atoms with Gasteiger partial charge >= 0.3 is 0 Å². The summed E-state index contributed by atoms with van der Waals surface area (Å²) in [5.41, 5.74) is 3.67. The van der Waals surface area contributed by atoms with E-state index >= 15 is 0 Å². The molecule has 0 radical (unpaired) electrons. The van der Waals surface area contributed by atoms with Gasteiger partial charge in [-0.3, -0.25) is 0 Å². The van der Waals surface area contributed by atoms with Crippen molar-refractivity contribution < 1.29 is 4.74 Å². The van der Waals surface area contributed by atoms with Crippen LogP contribution in [0, 0.1) is 13.8 Å². The standard InChI is InChI=1S/C16H23NO.ClH/c1-5-7-15-12-13(3)11-14(4)16(15)18-10-9-17-8-6-2;/h5-6,11-12,17H,1-2,7-10H2,3-4H3;1H. The van der Waals surface area contributed by atoms with Crippen LogP contribution in [-0.2, 0) is 6.42 Å². The average molecular weight is 282 g/mol. The number of benzene rings is 1. The van der Waals surface area contributed by atoms with E-state index in [0.29, 0.717) is 6.61 Å². The van der Waals surface area contributed by atoms with Crippen LogP contribution < -0.4 is 10.1 Å². The molecular formula is C16H24ClNO. The van der Waals surface area contributed by atoms with Crippen molar-refractivity contribution in [3.63, 3.8) is 0 Å². The van der Waals surface area contributed by atoms with E-state index < -0.39 is 0 Å². The molecule has 0 aliphatic rings. The second-order valence-electron chi connectivity index (χ2n) is 4.40. The van der Waals surface area contributed by atoms with Gasteiger partial charge in [-0.1, -0.05) is 29.8 Å². The summed E-state index contributed by atoms with van der Waals surface area (Å²) in [4.78, 5) is 0. The molecule has 0 aliphatic heterocycles. The molecule has 1 aromatic rings. The van der Waals surface area contributed by atoms with Crippen LogP contribution in [0.3, 0.4) is 0 Å². The van der Waals surface area contributed by atoms with E-state index in [9.17, 15) is 0 Å². The van der Waals surface area contributed by atoms with Gasteiger partial charge in [0.25, 0.3) is 0 Å². The van der Waals surface area contributed by atoms with Crippen LogP contribution in [0.4, 0.5) is 0 Å². The summed E-state index contributed by atoms with van der Waals surface area (Å²) in [6, 6.07) is 4.32. The van der Waals surface area contributed by atoms with Gasteiger partial charge in [0.15, 0.2) is 0 Å². The third-order valence-corrected chi connectivity index (χ3v) is 2.67. The zero-order valence-corrected chi connectivity index (χ0v) is 12.7. The van der Waals surface area contributed by atoms with Gasteiger partial charge in [-0.15, -0.1) is 25.6 Å². The van der Waals surface area contributed by atoms with Crippen molar-refractivity contribution in [1.82, 2.24) is 5.32 Å². The minimum absolute atomic E-state index is 0. The lowest BCUT2D eigenvalue weighted by Gasteiger charge is -2.14. The molecule has 0 unspecified atom stereocenters. The van der Waals surface area contributed by atoms with Crippen molar-refractivity contribution in [2.45, 2.75) is 20.3 Å². The summed E-state index contributed by atoms with van der Waals surface area (Å²) in [6.07, 6.45) is 4.61. The Balaban J connectivity index is 0.00000324. The lowest BCUT2D eigenvalue weighted by Crippen LogP contribution is -2.21. The van der Waals surface area contributed by atoms with Gasteiger partial charge in [-0.2, -0.15) is 0 Å². The second kappa shape index (κ2) is 9.65. The highest BCUT2D eigenvalue weighted by molar-refractivity contribution is 5.85. The smallest absolute Gasteiger partial charge is 0.125 e. The third-order valence-electron chi connectivity index (χ3n) is 2.67. The minimum atomic E-state index is 0. The van der Waals surface area contributed by atoms with E-state index in [1.807, 2.05) is 12.2 Å². The summed E-state index contributed by atoms with van der Waals surface area (Å²) in [7, 11) is 0. The van der Waals surface area contributed by atoms with E-state index in [0.717, 1.165) is 25.3 Å². The predicted molar refractivity (Wildman–Crippen MR) is 85.6 cm³/mol. The fourth-order valence-electron chi connectivity index (χ4n) is 1.99. The summed E-state index contributed by atoms with van der Waals surface area (Å²) in [6.45, 7) is 14.0. The van der Waals surface area contributed by atoms with Crippen LogP contribution in [0.2, 0.25) is 0 Å². The topological polar surface area (TPSA) is 21.3 Å². The molecule has 0 spiro atoms. The molecule has 0 amide bonds. The van der Waals surface area contributed by atoms with E-state index in [2.05, 4.69) is 44.5 Å². The summed E-state index contributed by atoms with van der Waals surface area (Å²) in [5, 5.41) is 3.22. The molecule has 1 N–H and O–H groups in total. The first-order valence-electron chi connectivity index (χ1n) is 6.34. The number of allylic oxidation sites excluding steroid dienone is 1. The van der Waals surface area contributed by atoms with Gasteiger partial charge < -0.3 is 10.1 Å². The van der Waals surface area contributed by atoms with Crippen LogP contribution in [0.5, 0.6) is 5.75 Å². The van der Waals surface area contributed by atoms with E-state index in [1.54, 1.807) is 0 Å². The molecule has 106 valence electrons. The van der Waals surface area contributed by atoms with Crippen molar-refractivity contribution in [2.24, 2.45) is 0 Å². The predicted octanol–water partition coefficient (Wildman–Crippen LogP) is 3.61. The largest absolute Gasteiger partial charge is 0.492 e. The molecule has 0 aliphatic carbocycles. The Morgan fingerprint density at radius 1 is 1.21 bits per heavy atom. The molecule has 0 saturated heterocycles. The fourth-order valence-corrected chi connectivity index (χ4v) is 1.99. The number of hydrogen-bond acceptors (Lipinski definition) is 2. The maximum Gasteiger partial charge on any atom is 0.125 e. The first-order valence-corrected chi connectivity index (χ1v) is 6.34. The Kier molecular flexibility index (Phi) is 9.02.